The molecule has 2 atom stereocenters. The number of unbranched alkanes of at least 4 members (excludes halogenated alkanes) is 13. The predicted molar refractivity (Wildman–Crippen MR) is 222 cm³/mol. The summed E-state index contributed by atoms with van der Waals surface area (Å²) in [5.74, 6) is -0.888. The number of rotatable bonds is 37. The third-order valence-corrected chi connectivity index (χ3v) is 9.47. The van der Waals surface area contributed by atoms with Gasteiger partial charge in [-0.1, -0.05) is 126 Å². The van der Waals surface area contributed by atoms with Crippen molar-refractivity contribution in [3.63, 3.8) is 0 Å². The van der Waals surface area contributed by atoms with E-state index >= 15 is 0 Å². The SMILES string of the molecule is CCCC/C=C\CCCCCCCC(=O)OC[C@H](COP(=O)([O-])OCC[N+](C)(C)C)OC(=O)CCCCC/C=C\C/C=C\C/C=C\C/C=C\CCCCC. The van der Waals surface area contributed by atoms with Crippen molar-refractivity contribution in [1.82, 2.24) is 0 Å². The first-order chi connectivity index (χ1) is 26.0. The van der Waals surface area contributed by atoms with Gasteiger partial charge in [-0.2, -0.15) is 0 Å². The first-order valence-electron chi connectivity index (χ1n) is 21.0. The molecule has 0 spiro atoms. The first kappa shape index (κ1) is 51.7. The van der Waals surface area contributed by atoms with E-state index in [1.165, 1.54) is 38.5 Å². The Kier molecular flexibility index (Phi) is 34.8. The Morgan fingerprint density at radius 1 is 0.574 bits per heavy atom. The molecule has 10 heteroatoms. The Labute approximate surface area is 330 Å². The molecule has 312 valence electrons. The summed E-state index contributed by atoms with van der Waals surface area (Å²) in [5.41, 5.74) is 0. The quantitative estimate of drug-likeness (QED) is 0.0201. The number of hydrogen-bond donors (Lipinski definition) is 0. The molecule has 0 saturated carbocycles. The van der Waals surface area contributed by atoms with Crippen molar-refractivity contribution >= 4 is 19.8 Å². The summed E-state index contributed by atoms with van der Waals surface area (Å²) in [5, 5.41) is 0. The van der Waals surface area contributed by atoms with Gasteiger partial charge in [-0.25, -0.2) is 0 Å². The van der Waals surface area contributed by atoms with Crippen LogP contribution in [0.3, 0.4) is 0 Å². The minimum atomic E-state index is -4.63. The Morgan fingerprint density at radius 3 is 1.57 bits per heavy atom. The smallest absolute Gasteiger partial charge is 0.306 e. The van der Waals surface area contributed by atoms with Crippen LogP contribution in [0.15, 0.2) is 60.8 Å². The zero-order valence-corrected chi connectivity index (χ0v) is 35.8. The summed E-state index contributed by atoms with van der Waals surface area (Å²) in [6.07, 6.45) is 42.5. The number of nitrogens with zero attached hydrogens (tertiary/aromatic N) is 1. The fourth-order valence-electron chi connectivity index (χ4n) is 5.15. The van der Waals surface area contributed by atoms with E-state index < -0.39 is 32.5 Å². The number of ether oxygens (including phenoxy) is 2. The van der Waals surface area contributed by atoms with Crippen LogP contribution in [-0.4, -0.2) is 70.0 Å². The minimum absolute atomic E-state index is 0.0412. The highest BCUT2D eigenvalue weighted by molar-refractivity contribution is 7.45. The normalized spacial score (nSPS) is 14.3. The fraction of sp³-hybridized carbons (Fsp3) is 0.727. The summed E-state index contributed by atoms with van der Waals surface area (Å²) in [7, 11) is 1.13. The third-order valence-electron chi connectivity index (χ3n) is 8.51. The number of allylic oxidation sites excluding steroid dienone is 10. The first-order valence-corrected chi connectivity index (χ1v) is 22.5. The molecule has 9 nitrogen and oxygen atoms in total. The van der Waals surface area contributed by atoms with Crippen LogP contribution in [0.2, 0.25) is 0 Å². The van der Waals surface area contributed by atoms with Crippen molar-refractivity contribution < 1.29 is 42.1 Å². The minimum Gasteiger partial charge on any atom is -0.756 e. The molecule has 0 N–H and O–H groups in total. The van der Waals surface area contributed by atoms with Crippen LogP contribution in [0.5, 0.6) is 0 Å². The van der Waals surface area contributed by atoms with Crippen LogP contribution in [0.25, 0.3) is 0 Å². The van der Waals surface area contributed by atoms with E-state index in [9.17, 15) is 19.0 Å². The van der Waals surface area contributed by atoms with Crippen LogP contribution in [-0.2, 0) is 32.7 Å². The second kappa shape index (κ2) is 36.4. The lowest BCUT2D eigenvalue weighted by molar-refractivity contribution is -0.870. The van der Waals surface area contributed by atoms with Gasteiger partial charge in [-0.15, -0.1) is 0 Å². The van der Waals surface area contributed by atoms with Crippen LogP contribution in [0, 0.1) is 0 Å². The lowest BCUT2D eigenvalue weighted by Crippen LogP contribution is -2.37. The number of quaternary nitrogens is 1. The number of carbonyl (C=O) groups is 2. The van der Waals surface area contributed by atoms with Crippen LogP contribution in [0.4, 0.5) is 0 Å². The summed E-state index contributed by atoms with van der Waals surface area (Å²) >= 11 is 0. The molecule has 0 aromatic carbocycles. The van der Waals surface area contributed by atoms with Gasteiger partial charge in [0.15, 0.2) is 6.10 Å². The highest BCUT2D eigenvalue weighted by atomic mass is 31.2. The third kappa shape index (κ3) is 39.4. The van der Waals surface area contributed by atoms with Gasteiger partial charge >= 0.3 is 11.9 Å². The lowest BCUT2D eigenvalue weighted by Gasteiger charge is -2.28. The van der Waals surface area contributed by atoms with E-state index in [0.717, 1.165) is 77.0 Å². The maximum absolute atomic E-state index is 12.6. The Hall–Kier alpha value is -2.29. The maximum Gasteiger partial charge on any atom is 0.306 e. The second-order valence-electron chi connectivity index (χ2n) is 15.0. The van der Waals surface area contributed by atoms with E-state index in [1.54, 1.807) is 0 Å². The molecular weight excluding hydrogens is 701 g/mol. The molecule has 0 amide bonds. The summed E-state index contributed by atoms with van der Waals surface area (Å²) in [6.45, 7) is 4.09. The van der Waals surface area contributed by atoms with Gasteiger partial charge in [-0.3, -0.25) is 14.2 Å². The largest absolute Gasteiger partial charge is 0.756 e. The van der Waals surface area contributed by atoms with Crippen molar-refractivity contribution in [2.45, 2.75) is 161 Å². The van der Waals surface area contributed by atoms with Crippen molar-refractivity contribution in [1.29, 1.82) is 0 Å². The van der Waals surface area contributed by atoms with Crippen molar-refractivity contribution in [2.24, 2.45) is 0 Å². The Bertz CT molecular complexity index is 1110. The van der Waals surface area contributed by atoms with Gasteiger partial charge in [0.25, 0.3) is 7.82 Å². The van der Waals surface area contributed by atoms with Gasteiger partial charge in [0.05, 0.1) is 27.7 Å². The average Bonchev–Trinajstić information content (AvgIpc) is 3.12. The molecular formula is C44H78NO8P. The van der Waals surface area contributed by atoms with Crippen molar-refractivity contribution in [3.8, 4) is 0 Å². The molecule has 0 heterocycles. The molecule has 0 bridgehead atoms. The molecule has 0 radical (unpaired) electrons. The van der Waals surface area contributed by atoms with Crippen LogP contribution >= 0.6 is 7.82 Å². The molecule has 1 unspecified atom stereocenters. The number of esters is 2. The highest BCUT2D eigenvalue weighted by Crippen LogP contribution is 2.38. The van der Waals surface area contributed by atoms with Gasteiger partial charge in [0.2, 0.25) is 0 Å². The molecule has 0 rings (SSSR count). The topological polar surface area (TPSA) is 111 Å². The fourth-order valence-corrected chi connectivity index (χ4v) is 5.87. The number of carbonyl (C=O) groups excluding carboxylic acids is 2. The molecule has 54 heavy (non-hydrogen) atoms. The Morgan fingerprint density at radius 2 is 1.02 bits per heavy atom. The standard InChI is InChI=1S/C44H78NO8P/c1-6-8-10-12-14-16-18-19-20-21-22-23-24-25-27-29-31-33-35-37-44(47)53-42(41-52-54(48,49)51-39-38-45(3,4)5)40-50-43(46)36-34-32-30-28-26-17-15-13-11-9-7-2/h13-16,19-20,22-23,25,27,42H,6-12,17-18,21,24,26,28-41H2,1-5H3/b15-13-,16-14-,20-19-,23-22-,27-25-/t42-/m1/s1. The van der Waals surface area contributed by atoms with E-state index in [0.29, 0.717) is 23.9 Å². The monoisotopic (exact) mass is 780 g/mol. The van der Waals surface area contributed by atoms with E-state index in [2.05, 4.69) is 74.6 Å². The van der Waals surface area contributed by atoms with Crippen LogP contribution in [0.1, 0.15) is 155 Å². The summed E-state index contributed by atoms with van der Waals surface area (Å²) in [4.78, 5) is 37.4. The van der Waals surface area contributed by atoms with Crippen molar-refractivity contribution in [3.05, 3.63) is 60.8 Å². The number of phosphoric ester groups is 1. The molecule has 0 saturated heterocycles. The number of likely N-dealkylation sites (N-methyl/N-ethyl adjacent to an activating group) is 1. The molecule has 0 aromatic rings. The maximum atomic E-state index is 12.6. The molecule has 0 aromatic heterocycles. The van der Waals surface area contributed by atoms with Gasteiger partial charge in [0, 0.05) is 12.8 Å². The van der Waals surface area contributed by atoms with Gasteiger partial charge in [-0.05, 0) is 77.0 Å². The zero-order valence-electron chi connectivity index (χ0n) is 34.9. The van der Waals surface area contributed by atoms with Crippen molar-refractivity contribution in [2.75, 3.05) is 47.5 Å². The second-order valence-corrected chi connectivity index (χ2v) is 16.4. The summed E-state index contributed by atoms with van der Waals surface area (Å²) < 4.78 is 33.8. The molecule has 0 fully saturated rings. The zero-order chi connectivity index (χ0) is 40.0. The lowest BCUT2D eigenvalue weighted by atomic mass is 10.1. The highest BCUT2D eigenvalue weighted by Gasteiger charge is 2.21. The molecule has 0 aliphatic carbocycles. The van der Waals surface area contributed by atoms with E-state index in [4.69, 9.17) is 18.5 Å². The van der Waals surface area contributed by atoms with Gasteiger partial charge in [0.1, 0.15) is 19.8 Å². The predicted octanol–water partition coefficient (Wildman–Crippen LogP) is 11.1. The van der Waals surface area contributed by atoms with E-state index in [1.807, 2.05) is 21.1 Å². The number of hydrogen-bond acceptors (Lipinski definition) is 8. The van der Waals surface area contributed by atoms with Crippen LogP contribution < -0.4 is 4.89 Å². The number of phosphoric acid groups is 1. The van der Waals surface area contributed by atoms with E-state index in [-0.39, 0.29) is 26.1 Å². The Balaban J connectivity index is 4.46. The average molecular weight is 780 g/mol. The van der Waals surface area contributed by atoms with Gasteiger partial charge < -0.3 is 27.9 Å². The molecule has 0 aliphatic heterocycles. The summed E-state index contributed by atoms with van der Waals surface area (Å²) in [6, 6.07) is 0. The molecule has 0 aliphatic rings.